The molecule has 2 heterocycles. The van der Waals surface area contributed by atoms with Crippen LogP contribution in [-0.2, 0) is 6.54 Å². The topological polar surface area (TPSA) is 72.0 Å². The van der Waals surface area contributed by atoms with Crippen molar-refractivity contribution in [1.29, 1.82) is 0 Å². The second-order valence-corrected chi connectivity index (χ2v) is 6.01. The summed E-state index contributed by atoms with van der Waals surface area (Å²) in [6, 6.07) is 23.1. The fourth-order valence-electron chi connectivity index (χ4n) is 2.61. The standard InChI is InChI=1S/C22H19N5O/c1-2-6-18(7-3-1)28-20-9-5-4-8-19(20)26-22-24-15-12-21(27-22)25-16-17-10-13-23-14-11-17/h1-15H,16H2,(H2,24,25,26,27). The summed E-state index contributed by atoms with van der Waals surface area (Å²) in [5.74, 6) is 2.69. The molecule has 6 nitrogen and oxygen atoms in total. The first-order valence-electron chi connectivity index (χ1n) is 8.91. The molecule has 0 aliphatic heterocycles. The lowest BCUT2D eigenvalue weighted by Crippen LogP contribution is -2.04. The Morgan fingerprint density at radius 3 is 2.43 bits per heavy atom. The van der Waals surface area contributed by atoms with E-state index >= 15 is 0 Å². The molecule has 2 N–H and O–H groups in total. The van der Waals surface area contributed by atoms with Gasteiger partial charge in [-0.2, -0.15) is 4.98 Å². The van der Waals surface area contributed by atoms with Crippen LogP contribution in [0.25, 0.3) is 0 Å². The monoisotopic (exact) mass is 369 g/mol. The van der Waals surface area contributed by atoms with Crippen LogP contribution in [0.15, 0.2) is 91.4 Å². The number of rotatable bonds is 7. The van der Waals surface area contributed by atoms with E-state index in [1.54, 1.807) is 18.6 Å². The molecule has 2 aromatic heterocycles. The van der Waals surface area contributed by atoms with Gasteiger partial charge in [0, 0.05) is 25.1 Å². The van der Waals surface area contributed by atoms with Gasteiger partial charge in [-0.15, -0.1) is 0 Å². The zero-order valence-electron chi connectivity index (χ0n) is 15.1. The Morgan fingerprint density at radius 1 is 0.786 bits per heavy atom. The molecule has 0 saturated heterocycles. The van der Waals surface area contributed by atoms with Crippen molar-refractivity contribution in [2.45, 2.75) is 6.54 Å². The average Bonchev–Trinajstić information content (AvgIpc) is 2.75. The fourth-order valence-corrected chi connectivity index (χ4v) is 2.61. The summed E-state index contributed by atoms with van der Waals surface area (Å²) >= 11 is 0. The van der Waals surface area contributed by atoms with Crippen LogP contribution < -0.4 is 15.4 Å². The maximum absolute atomic E-state index is 5.98. The Balaban J connectivity index is 1.47. The lowest BCUT2D eigenvalue weighted by molar-refractivity contribution is 0.485. The molecule has 138 valence electrons. The van der Waals surface area contributed by atoms with Crippen molar-refractivity contribution in [2.24, 2.45) is 0 Å². The van der Waals surface area contributed by atoms with Gasteiger partial charge in [-0.05, 0) is 48.0 Å². The van der Waals surface area contributed by atoms with Crippen molar-refractivity contribution < 1.29 is 4.74 Å². The maximum Gasteiger partial charge on any atom is 0.229 e. The van der Waals surface area contributed by atoms with Crippen molar-refractivity contribution in [1.82, 2.24) is 15.0 Å². The van der Waals surface area contributed by atoms with Crippen molar-refractivity contribution in [2.75, 3.05) is 10.6 Å². The van der Waals surface area contributed by atoms with Gasteiger partial charge in [-0.25, -0.2) is 4.98 Å². The summed E-state index contributed by atoms with van der Waals surface area (Å²) < 4.78 is 5.98. The van der Waals surface area contributed by atoms with Gasteiger partial charge >= 0.3 is 0 Å². The predicted molar refractivity (Wildman–Crippen MR) is 110 cm³/mol. The van der Waals surface area contributed by atoms with Gasteiger partial charge in [0.05, 0.1) is 5.69 Å². The molecule has 0 bridgehead atoms. The molecule has 4 aromatic rings. The van der Waals surface area contributed by atoms with E-state index in [0.29, 0.717) is 18.2 Å². The highest BCUT2D eigenvalue weighted by Crippen LogP contribution is 2.30. The largest absolute Gasteiger partial charge is 0.455 e. The van der Waals surface area contributed by atoms with Crippen molar-refractivity contribution in [3.63, 3.8) is 0 Å². The van der Waals surface area contributed by atoms with Gasteiger partial charge in [0.2, 0.25) is 5.95 Å². The molecule has 0 fully saturated rings. The maximum atomic E-state index is 5.98. The first-order valence-corrected chi connectivity index (χ1v) is 8.91. The van der Waals surface area contributed by atoms with Gasteiger partial charge in [0.15, 0.2) is 5.75 Å². The van der Waals surface area contributed by atoms with E-state index in [0.717, 1.165) is 22.8 Å². The zero-order valence-corrected chi connectivity index (χ0v) is 15.1. The number of para-hydroxylation sites is 3. The number of aromatic nitrogens is 3. The number of ether oxygens (including phenoxy) is 1. The van der Waals surface area contributed by atoms with Crippen LogP contribution in [0, 0.1) is 0 Å². The molecule has 0 spiro atoms. The molecule has 4 rings (SSSR count). The number of nitrogens with zero attached hydrogens (tertiary/aromatic N) is 3. The average molecular weight is 369 g/mol. The zero-order chi connectivity index (χ0) is 19.0. The molecular weight excluding hydrogens is 350 g/mol. The second kappa shape index (κ2) is 8.64. The summed E-state index contributed by atoms with van der Waals surface area (Å²) in [4.78, 5) is 12.9. The summed E-state index contributed by atoms with van der Waals surface area (Å²) in [5, 5.41) is 6.53. The fraction of sp³-hybridized carbons (Fsp3) is 0.0455. The van der Waals surface area contributed by atoms with Crippen LogP contribution in [-0.4, -0.2) is 15.0 Å². The molecule has 0 aliphatic rings. The minimum atomic E-state index is 0.490. The number of nitrogens with one attached hydrogen (secondary N) is 2. The first-order chi connectivity index (χ1) is 13.9. The third-order valence-electron chi connectivity index (χ3n) is 3.98. The normalized spacial score (nSPS) is 10.3. The number of benzene rings is 2. The third kappa shape index (κ3) is 4.62. The van der Waals surface area contributed by atoms with Crippen LogP contribution in [0.4, 0.5) is 17.5 Å². The molecule has 0 aliphatic carbocycles. The van der Waals surface area contributed by atoms with E-state index in [1.165, 1.54) is 0 Å². The lowest BCUT2D eigenvalue weighted by atomic mass is 10.3. The highest BCUT2D eigenvalue weighted by atomic mass is 16.5. The van der Waals surface area contributed by atoms with Crippen LogP contribution >= 0.6 is 0 Å². The van der Waals surface area contributed by atoms with E-state index in [1.807, 2.05) is 72.8 Å². The summed E-state index contributed by atoms with van der Waals surface area (Å²) in [5.41, 5.74) is 1.92. The summed E-state index contributed by atoms with van der Waals surface area (Å²) in [7, 11) is 0. The van der Waals surface area contributed by atoms with E-state index in [-0.39, 0.29) is 0 Å². The second-order valence-electron chi connectivity index (χ2n) is 6.01. The molecule has 28 heavy (non-hydrogen) atoms. The van der Waals surface area contributed by atoms with E-state index in [4.69, 9.17) is 4.74 Å². The van der Waals surface area contributed by atoms with Crippen molar-refractivity contribution >= 4 is 17.5 Å². The minimum absolute atomic E-state index is 0.490. The van der Waals surface area contributed by atoms with Crippen LogP contribution in [0.1, 0.15) is 5.56 Å². The SMILES string of the molecule is c1ccc(Oc2ccccc2Nc2nccc(NCc3ccncc3)n2)cc1. The van der Waals surface area contributed by atoms with Crippen molar-refractivity contribution in [3.8, 4) is 11.5 Å². The summed E-state index contributed by atoms with van der Waals surface area (Å²) in [6.45, 7) is 0.659. The smallest absolute Gasteiger partial charge is 0.229 e. The Labute approximate surface area is 163 Å². The van der Waals surface area contributed by atoms with E-state index in [9.17, 15) is 0 Å². The minimum Gasteiger partial charge on any atom is -0.455 e. The lowest BCUT2D eigenvalue weighted by Gasteiger charge is -2.13. The highest BCUT2D eigenvalue weighted by Gasteiger charge is 2.07. The number of anilines is 3. The quantitative estimate of drug-likeness (QED) is 0.477. The van der Waals surface area contributed by atoms with Crippen LogP contribution in [0.2, 0.25) is 0 Å². The van der Waals surface area contributed by atoms with Crippen LogP contribution in [0.5, 0.6) is 11.5 Å². The first kappa shape index (κ1) is 17.5. The van der Waals surface area contributed by atoms with Gasteiger partial charge in [-0.1, -0.05) is 30.3 Å². The Hall–Kier alpha value is -3.93. The molecule has 2 aromatic carbocycles. The molecule has 0 unspecified atom stereocenters. The molecule has 0 amide bonds. The van der Waals surface area contributed by atoms with Gasteiger partial charge < -0.3 is 15.4 Å². The van der Waals surface area contributed by atoms with E-state index < -0.39 is 0 Å². The van der Waals surface area contributed by atoms with Crippen molar-refractivity contribution in [3.05, 3.63) is 97.0 Å². The Morgan fingerprint density at radius 2 is 1.57 bits per heavy atom. The number of hydrogen-bond donors (Lipinski definition) is 2. The highest BCUT2D eigenvalue weighted by molar-refractivity contribution is 5.63. The number of hydrogen-bond acceptors (Lipinski definition) is 6. The predicted octanol–water partition coefficient (Wildman–Crippen LogP) is 5.02. The van der Waals surface area contributed by atoms with Gasteiger partial charge in [0.1, 0.15) is 11.6 Å². The third-order valence-corrected chi connectivity index (χ3v) is 3.98. The molecule has 6 heteroatoms. The van der Waals surface area contributed by atoms with Gasteiger partial charge in [-0.3, -0.25) is 4.98 Å². The van der Waals surface area contributed by atoms with Crippen LogP contribution in [0.3, 0.4) is 0 Å². The molecule has 0 atom stereocenters. The number of pyridine rings is 1. The van der Waals surface area contributed by atoms with E-state index in [2.05, 4.69) is 25.6 Å². The Bertz CT molecular complexity index is 1030. The molecule has 0 radical (unpaired) electrons. The molecular formula is C22H19N5O. The molecule has 0 saturated carbocycles. The summed E-state index contributed by atoms with van der Waals surface area (Å²) in [6.07, 6.45) is 5.26. The van der Waals surface area contributed by atoms with Gasteiger partial charge in [0.25, 0.3) is 0 Å². The Kier molecular flexibility index (Phi) is 5.39.